The Labute approximate surface area is 204 Å². The molecular formula is C23H34ClN5O3S. The van der Waals surface area contributed by atoms with E-state index in [2.05, 4.69) is 39.7 Å². The molecule has 0 aromatic carbocycles. The Morgan fingerprint density at radius 2 is 1.97 bits per heavy atom. The number of carbonyl (C=O) groups excluding carboxylic acids is 1. The lowest BCUT2D eigenvalue weighted by Gasteiger charge is -2.43. The summed E-state index contributed by atoms with van der Waals surface area (Å²) in [6.45, 7) is 16.1. The van der Waals surface area contributed by atoms with Gasteiger partial charge in [-0.05, 0) is 44.4 Å². The lowest BCUT2D eigenvalue weighted by molar-refractivity contribution is -0.0104. The van der Waals surface area contributed by atoms with Crippen molar-refractivity contribution in [2.24, 2.45) is 5.92 Å². The molecule has 1 amide bonds. The second kappa shape index (κ2) is 9.90. The van der Waals surface area contributed by atoms with Gasteiger partial charge in [0.1, 0.15) is 5.60 Å². The van der Waals surface area contributed by atoms with Gasteiger partial charge in [-0.1, -0.05) is 13.8 Å². The molecule has 2 aromatic heterocycles. The van der Waals surface area contributed by atoms with Gasteiger partial charge >= 0.3 is 6.09 Å². The maximum absolute atomic E-state index is 12.8. The summed E-state index contributed by atoms with van der Waals surface area (Å²) in [6, 6.07) is 2.24. The predicted octanol–water partition coefficient (Wildman–Crippen LogP) is 4.26. The van der Waals surface area contributed by atoms with Crippen LogP contribution < -0.4 is 4.90 Å². The fourth-order valence-electron chi connectivity index (χ4n) is 4.36. The molecule has 1 atom stereocenters. The van der Waals surface area contributed by atoms with E-state index in [4.69, 9.17) is 21.1 Å². The van der Waals surface area contributed by atoms with Crippen LogP contribution in [0.4, 0.5) is 10.6 Å². The maximum Gasteiger partial charge on any atom is 0.410 e. The van der Waals surface area contributed by atoms with Gasteiger partial charge in [0.25, 0.3) is 0 Å². The van der Waals surface area contributed by atoms with Crippen LogP contribution in [0.3, 0.4) is 0 Å². The van der Waals surface area contributed by atoms with Gasteiger partial charge in [0.2, 0.25) is 5.28 Å². The Bertz CT molecular complexity index is 986. The topological polar surface area (TPSA) is 71.0 Å². The van der Waals surface area contributed by atoms with Crippen LogP contribution in [0.25, 0.3) is 10.2 Å². The maximum atomic E-state index is 12.8. The summed E-state index contributed by atoms with van der Waals surface area (Å²) in [6.07, 6.45) is -0.220. The van der Waals surface area contributed by atoms with E-state index < -0.39 is 5.60 Å². The first-order valence-corrected chi connectivity index (χ1v) is 12.8. The SMILES string of the molecule is CC(C)[C@@H]1CN(Cc2cc3nc(Cl)nc(N4CCOCC4)c3s2)CCN1C(=O)OC(C)(C)C. The van der Waals surface area contributed by atoms with Crippen LogP contribution in [-0.2, 0) is 16.0 Å². The summed E-state index contributed by atoms with van der Waals surface area (Å²) in [5.74, 6) is 1.24. The molecule has 0 radical (unpaired) electrons. The highest BCUT2D eigenvalue weighted by Gasteiger charge is 2.35. The molecule has 33 heavy (non-hydrogen) atoms. The minimum absolute atomic E-state index is 0.112. The zero-order valence-corrected chi connectivity index (χ0v) is 21.7. The first-order valence-electron chi connectivity index (χ1n) is 11.6. The number of ether oxygens (including phenoxy) is 2. The highest BCUT2D eigenvalue weighted by Crippen LogP contribution is 2.34. The molecule has 8 nitrogen and oxygen atoms in total. The van der Waals surface area contributed by atoms with Gasteiger partial charge in [-0.2, -0.15) is 4.98 Å². The van der Waals surface area contributed by atoms with Gasteiger partial charge in [-0.15, -0.1) is 11.3 Å². The summed E-state index contributed by atoms with van der Waals surface area (Å²) in [5, 5.41) is 0.277. The van der Waals surface area contributed by atoms with Crippen LogP contribution in [0.2, 0.25) is 5.28 Å². The molecule has 0 saturated carbocycles. The number of carbonyl (C=O) groups is 1. The number of thiophene rings is 1. The molecule has 2 aromatic rings. The fourth-order valence-corrected chi connectivity index (χ4v) is 5.68. The third-order valence-electron chi connectivity index (χ3n) is 5.97. The number of morpholine rings is 1. The first kappa shape index (κ1) is 24.4. The van der Waals surface area contributed by atoms with E-state index in [0.29, 0.717) is 25.7 Å². The van der Waals surface area contributed by atoms with Gasteiger partial charge < -0.3 is 19.3 Å². The summed E-state index contributed by atoms with van der Waals surface area (Å²) in [4.78, 5) is 29.6. The van der Waals surface area contributed by atoms with Crippen LogP contribution >= 0.6 is 22.9 Å². The minimum atomic E-state index is -0.493. The molecular weight excluding hydrogens is 462 g/mol. The van der Waals surface area contributed by atoms with Crippen LogP contribution in [0, 0.1) is 5.92 Å². The molecule has 4 heterocycles. The van der Waals surface area contributed by atoms with Gasteiger partial charge in [0.15, 0.2) is 5.82 Å². The summed E-state index contributed by atoms with van der Waals surface area (Å²) >= 11 is 7.99. The molecule has 2 saturated heterocycles. The summed E-state index contributed by atoms with van der Waals surface area (Å²) < 4.78 is 12.2. The van der Waals surface area contributed by atoms with Crippen LogP contribution in [-0.4, -0.2) is 83.4 Å². The number of fused-ring (bicyclic) bond motifs is 1. The highest BCUT2D eigenvalue weighted by atomic mass is 35.5. The number of halogens is 1. The highest BCUT2D eigenvalue weighted by molar-refractivity contribution is 7.19. The Morgan fingerprint density at radius 3 is 2.64 bits per heavy atom. The number of anilines is 1. The number of nitrogens with zero attached hydrogens (tertiary/aromatic N) is 5. The largest absolute Gasteiger partial charge is 0.444 e. The minimum Gasteiger partial charge on any atom is -0.444 e. The Balaban J connectivity index is 1.50. The number of hydrogen-bond donors (Lipinski definition) is 0. The van der Waals surface area contributed by atoms with E-state index in [1.807, 2.05) is 25.7 Å². The lowest BCUT2D eigenvalue weighted by Crippen LogP contribution is -2.57. The first-order chi connectivity index (χ1) is 15.6. The van der Waals surface area contributed by atoms with Crippen molar-refractivity contribution in [2.45, 2.75) is 52.8 Å². The van der Waals surface area contributed by atoms with Crippen molar-refractivity contribution < 1.29 is 14.3 Å². The van der Waals surface area contributed by atoms with E-state index in [-0.39, 0.29) is 17.4 Å². The zero-order chi connectivity index (χ0) is 23.8. The van der Waals surface area contributed by atoms with Gasteiger partial charge in [-0.25, -0.2) is 9.78 Å². The molecule has 2 aliphatic heterocycles. The molecule has 10 heteroatoms. The fraction of sp³-hybridized carbons (Fsp3) is 0.696. The summed E-state index contributed by atoms with van der Waals surface area (Å²) in [5.41, 5.74) is 0.400. The molecule has 0 spiro atoms. The molecule has 182 valence electrons. The van der Waals surface area contributed by atoms with Crippen molar-refractivity contribution in [3.8, 4) is 0 Å². The third-order valence-corrected chi connectivity index (χ3v) is 7.24. The van der Waals surface area contributed by atoms with Crippen molar-refractivity contribution >= 4 is 45.1 Å². The van der Waals surface area contributed by atoms with Crippen LogP contribution in [0.5, 0.6) is 0 Å². The molecule has 2 aliphatic rings. The quantitative estimate of drug-likeness (QED) is 0.587. The van der Waals surface area contributed by atoms with Crippen molar-refractivity contribution in [3.63, 3.8) is 0 Å². The second-order valence-corrected chi connectivity index (χ2v) is 11.5. The number of aromatic nitrogens is 2. The van der Waals surface area contributed by atoms with E-state index in [1.54, 1.807) is 11.3 Å². The van der Waals surface area contributed by atoms with Crippen LogP contribution in [0.1, 0.15) is 39.5 Å². The molecule has 0 unspecified atom stereocenters. The van der Waals surface area contributed by atoms with Gasteiger partial charge in [0, 0.05) is 44.1 Å². The average Bonchev–Trinajstić information content (AvgIpc) is 3.14. The van der Waals surface area contributed by atoms with Crippen LogP contribution in [0.15, 0.2) is 6.07 Å². The zero-order valence-electron chi connectivity index (χ0n) is 20.1. The third kappa shape index (κ3) is 5.88. The van der Waals surface area contributed by atoms with E-state index in [1.165, 1.54) is 4.88 Å². The molecule has 4 rings (SSSR count). The van der Waals surface area contributed by atoms with E-state index in [0.717, 1.165) is 48.8 Å². The standard InChI is InChI=1S/C23H34ClN5O3S/c1-15(2)18-14-27(6-7-29(18)22(30)32-23(3,4)5)13-16-12-17-19(33-16)20(26-21(24)25-17)28-8-10-31-11-9-28/h12,15,18H,6-11,13-14H2,1-5H3/t18-/m0/s1. The molecule has 0 N–H and O–H groups in total. The predicted molar refractivity (Wildman–Crippen MR) is 132 cm³/mol. The Morgan fingerprint density at radius 1 is 1.24 bits per heavy atom. The average molecular weight is 496 g/mol. The van der Waals surface area contributed by atoms with E-state index >= 15 is 0 Å². The van der Waals surface area contributed by atoms with Crippen molar-refractivity contribution in [2.75, 3.05) is 50.8 Å². The van der Waals surface area contributed by atoms with Gasteiger partial charge in [0.05, 0.1) is 29.5 Å². The second-order valence-electron chi connectivity index (χ2n) is 10.1. The smallest absolute Gasteiger partial charge is 0.410 e. The van der Waals surface area contributed by atoms with Crippen molar-refractivity contribution in [1.29, 1.82) is 0 Å². The number of hydrogen-bond acceptors (Lipinski definition) is 8. The molecule has 0 bridgehead atoms. The summed E-state index contributed by atoms with van der Waals surface area (Å²) in [7, 11) is 0. The van der Waals surface area contributed by atoms with Crippen molar-refractivity contribution in [3.05, 3.63) is 16.2 Å². The normalized spacial score (nSPS) is 20.6. The lowest BCUT2D eigenvalue weighted by atomic mass is 10.00. The molecule has 2 fully saturated rings. The number of piperazine rings is 1. The number of amides is 1. The Hall–Kier alpha value is -1.68. The molecule has 0 aliphatic carbocycles. The van der Waals surface area contributed by atoms with Gasteiger partial charge in [-0.3, -0.25) is 4.90 Å². The monoisotopic (exact) mass is 495 g/mol. The Kier molecular flexibility index (Phi) is 7.33. The van der Waals surface area contributed by atoms with Crippen molar-refractivity contribution in [1.82, 2.24) is 19.8 Å². The van der Waals surface area contributed by atoms with E-state index in [9.17, 15) is 4.79 Å². The number of rotatable bonds is 4.